The molecular formula is C9H12N2O2. The van der Waals surface area contributed by atoms with Gasteiger partial charge in [-0.25, -0.2) is 4.79 Å². The van der Waals surface area contributed by atoms with Crippen molar-refractivity contribution in [1.82, 2.24) is 0 Å². The Morgan fingerprint density at radius 2 is 2.15 bits per heavy atom. The summed E-state index contributed by atoms with van der Waals surface area (Å²) in [5.41, 5.74) is 12.3. The molecule has 0 aromatic heterocycles. The van der Waals surface area contributed by atoms with E-state index in [2.05, 4.69) is 0 Å². The van der Waals surface area contributed by atoms with Crippen LogP contribution in [-0.4, -0.2) is 11.1 Å². The normalized spacial score (nSPS) is 12.5. The first-order chi connectivity index (χ1) is 6.04. The lowest BCUT2D eigenvalue weighted by Crippen LogP contribution is -2.11. The van der Waals surface area contributed by atoms with Crippen LogP contribution >= 0.6 is 0 Å². The van der Waals surface area contributed by atoms with Gasteiger partial charge >= 0.3 is 5.97 Å². The third kappa shape index (κ3) is 1.78. The minimum atomic E-state index is -1.03. The topological polar surface area (TPSA) is 89.3 Å². The van der Waals surface area contributed by atoms with Crippen LogP contribution in [0.3, 0.4) is 0 Å². The summed E-state index contributed by atoms with van der Waals surface area (Å²) in [4.78, 5) is 10.7. The maximum absolute atomic E-state index is 10.7. The van der Waals surface area contributed by atoms with Gasteiger partial charge in [0.15, 0.2) is 0 Å². The quantitative estimate of drug-likeness (QED) is 0.592. The molecule has 1 aromatic rings. The molecule has 0 heterocycles. The van der Waals surface area contributed by atoms with E-state index < -0.39 is 5.97 Å². The summed E-state index contributed by atoms with van der Waals surface area (Å²) >= 11 is 0. The largest absolute Gasteiger partial charge is 0.478 e. The van der Waals surface area contributed by atoms with E-state index >= 15 is 0 Å². The van der Waals surface area contributed by atoms with E-state index in [1.54, 1.807) is 19.1 Å². The average molecular weight is 180 g/mol. The predicted octanol–water partition coefficient (Wildman–Crippen LogP) is 0.987. The molecule has 13 heavy (non-hydrogen) atoms. The molecule has 1 rings (SSSR count). The summed E-state index contributed by atoms with van der Waals surface area (Å²) in [7, 11) is 0. The van der Waals surface area contributed by atoms with Crippen LogP contribution in [0, 0.1) is 0 Å². The standard InChI is InChI=1S/C9H12N2O2/c1-5(10)6-3-2-4-7(8(6)11)9(12)13/h2-5H,10-11H2,1H3,(H,12,13). The van der Waals surface area contributed by atoms with Gasteiger partial charge in [0.05, 0.1) is 11.3 Å². The monoisotopic (exact) mass is 180 g/mol. The Hall–Kier alpha value is -1.55. The number of rotatable bonds is 2. The number of para-hydroxylation sites is 1. The Balaban J connectivity index is 3.26. The van der Waals surface area contributed by atoms with Crippen molar-refractivity contribution in [2.45, 2.75) is 13.0 Å². The van der Waals surface area contributed by atoms with Crippen LogP contribution in [0.5, 0.6) is 0 Å². The lowest BCUT2D eigenvalue weighted by Gasteiger charge is -2.10. The van der Waals surface area contributed by atoms with Crippen molar-refractivity contribution in [2.24, 2.45) is 5.73 Å². The van der Waals surface area contributed by atoms with Gasteiger partial charge in [-0.15, -0.1) is 0 Å². The third-order valence-corrected chi connectivity index (χ3v) is 1.86. The van der Waals surface area contributed by atoms with Gasteiger partial charge in [0.25, 0.3) is 0 Å². The number of carboxylic acid groups (broad SMARTS) is 1. The van der Waals surface area contributed by atoms with Gasteiger partial charge in [-0.05, 0) is 18.6 Å². The van der Waals surface area contributed by atoms with Crippen LogP contribution in [0.2, 0.25) is 0 Å². The number of nitrogens with two attached hydrogens (primary N) is 2. The molecule has 0 bridgehead atoms. The molecule has 5 N–H and O–H groups in total. The summed E-state index contributed by atoms with van der Waals surface area (Å²) in [5.74, 6) is -1.03. The molecule has 1 atom stereocenters. The molecule has 0 aliphatic carbocycles. The van der Waals surface area contributed by atoms with Crippen LogP contribution < -0.4 is 11.5 Å². The Morgan fingerprint density at radius 3 is 2.62 bits per heavy atom. The highest BCUT2D eigenvalue weighted by molar-refractivity contribution is 5.94. The summed E-state index contributed by atoms with van der Waals surface area (Å²) in [6, 6.07) is 4.58. The minimum Gasteiger partial charge on any atom is -0.478 e. The van der Waals surface area contributed by atoms with Crippen LogP contribution in [0.15, 0.2) is 18.2 Å². The van der Waals surface area contributed by atoms with E-state index in [9.17, 15) is 4.79 Å². The lowest BCUT2D eigenvalue weighted by atomic mass is 10.0. The van der Waals surface area contributed by atoms with Crippen LogP contribution in [0.4, 0.5) is 5.69 Å². The number of carbonyl (C=O) groups is 1. The van der Waals surface area contributed by atoms with E-state index in [0.717, 1.165) is 0 Å². The predicted molar refractivity (Wildman–Crippen MR) is 50.4 cm³/mol. The molecule has 70 valence electrons. The lowest BCUT2D eigenvalue weighted by molar-refractivity contribution is 0.0698. The molecular weight excluding hydrogens is 168 g/mol. The summed E-state index contributed by atoms with van der Waals surface area (Å²) in [6.45, 7) is 1.76. The van der Waals surface area contributed by atoms with E-state index in [1.807, 2.05) is 0 Å². The van der Waals surface area contributed by atoms with Crippen molar-refractivity contribution in [3.63, 3.8) is 0 Å². The van der Waals surface area contributed by atoms with Gasteiger partial charge in [0.1, 0.15) is 0 Å². The summed E-state index contributed by atoms with van der Waals surface area (Å²) < 4.78 is 0. The second-order valence-corrected chi connectivity index (χ2v) is 2.90. The van der Waals surface area contributed by atoms with E-state index in [0.29, 0.717) is 5.56 Å². The average Bonchev–Trinajstić information content (AvgIpc) is 2.03. The number of aromatic carboxylic acids is 1. The van der Waals surface area contributed by atoms with Gasteiger partial charge in [0, 0.05) is 6.04 Å². The smallest absolute Gasteiger partial charge is 0.337 e. The van der Waals surface area contributed by atoms with Crippen molar-refractivity contribution in [2.75, 3.05) is 5.73 Å². The highest BCUT2D eigenvalue weighted by Crippen LogP contribution is 2.22. The summed E-state index contributed by atoms with van der Waals surface area (Å²) in [6.07, 6.45) is 0. The highest BCUT2D eigenvalue weighted by atomic mass is 16.4. The van der Waals surface area contributed by atoms with Crippen LogP contribution in [0.25, 0.3) is 0 Å². The number of carboxylic acids is 1. The van der Waals surface area contributed by atoms with Gasteiger partial charge in [0.2, 0.25) is 0 Å². The molecule has 4 nitrogen and oxygen atoms in total. The molecule has 1 unspecified atom stereocenters. The van der Waals surface area contributed by atoms with Crippen molar-refractivity contribution in [1.29, 1.82) is 0 Å². The van der Waals surface area contributed by atoms with Crippen molar-refractivity contribution >= 4 is 11.7 Å². The number of anilines is 1. The molecule has 0 saturated carbocycles. The maximum atomic E-state index is 10.7. The highest BCUT2D eigenvalue weighted by Gasteiger charge is 2.12. The van der Waals surface area contributed by atoms with Gasteiger partial charge in [-0.2, -0.15) is 0 Å². The zero-order chi connectivity index (χ0) is 10.0. The van der Waals surface area contributed by atoms with Crippen molar-refractivity contribution < 1.29 is 9.90 Å². The zero-order valence-electron chi connectivity index (χ0n) is 7.32. The number of nitrogen functional groups attached to an aromatic ring is 1. The molecule has 0 aliphatic rings. The zero-order valence-corrected chi connectivity index (χ0v) is 7.32. The minimum absolute atomic E-state index is 0.106. The number of hydrogen-bond acceptors (Lipinski definition) is 3. The fraction of sp³-hybridized carbons (Fsp3) is 0.222. The van der Waals surface area contributed by atoms with E-state index in [1.165, 1.54) is 6.07 Å². The van der Waals surface area contributed by atoms with E-state index in [-0.39, 0.29) is 17.3 Å². The fourth-order valence-electron chi connectivity index (χ4n) is 1.17. The van der Waals surface area contributed by atoms with Crippen LogP contribution in [-0.2, 0) is 0 Å². The SMILES string of the molecule is CC(N)c1cccc(C(=O)O)c1N. The van der Waals surface area contributed by atoms with Gasteiger partial charge in [-0.3, -0.25) is 0 Å². The first kappa shape index (κ1) is 9.54. The van der Waals surface area contributed by atoms with Gasteiger partial charge < -0.3 is 16.6 Å². The first-order valence-electron chi connectivity index (χ1n) is 3.91. The van der Waals surface area contributed by atoms with Gasteiger partial charge in [-0.1, -0.05) is 12.1 Å². The number of hydrogen-bond donors (Lipinski definition) is 3. The Kier molecular flexibility index (Phi) is 2.53. The molecule has 0 radical (unpaired) electrons. The first-order valence-corrected chi connectivity index (χ1v) is 3.91. The second kappa shape index (κ2) is 3.45. The maximum Gasteiger partial charge on any atom is 0.337 e. The Bertz CT molecular complexity index is 334. The summed E-state index contributed by atoms with van der Waals surface area (Å²) in [5, 5.41) is 8.75. The molecule has 0 aliphatic heterocycles. The van der Waals surface area contributed by atoms with E-state index in [4.69, 9.17) is 16.6 Å². The Labute approximate surface area is 76.2 Å². The fourth-order valence-corrected chi connectivity index (χ4v) is 1.17. The molecule has 0 fully saturated rings. The molecule has 0 spiro atoms. The number of benzene rings is 1. The van der Waals surface area contributed by atoms with Crippen molar-refractivity contribution in [3.8, 4) is 0 Å². The van der Waals surface area contributed by atoms with Crippen LogP contribution in [0.1, 0.15) is 28.9 Å². The molecule has 0 amide bonds. The second-order valence-electron chi connectivity index (χ2n) is 2.90. The molecule has 1 aromatic carbocycles. The molecule has 4 heteroatoms. The molecule has 0 saturated heterocycles. The van der Waals surface area contributed by atoms with Crippen molar-refractivity contribution in [3.05, 3.63) is 29.3 Å². The Morgan fingerprint density at radius 1 is 1.54 bits per heavy atom. The third-order valence-electron chi connectivity index (χ3n) is 1.86.